The summed E-state index contributed by atoms with van der Waals surface area (Å²) < 4.78 is 0. The number of nitrogens with two attached hydrogens (primary N) is 1. The average molecular weight is 278 g/mol. The molecule has 1 aliphatic rings. The van der Waals surface area contributed by atoms with Gasteiger partial charge in [-0.1, -0.05) is 19.3 Å². The number of hydrogen-bond acceptors (Lipinski definition) is 5. The minimum atomic E-state index is -0.832. The lowest BCUT2D eigenvalue weighted by molar-refractivity contribution is -0.138. The number of carboxylic acid groups (broad SMARTS) is 1. The van der Waals surface area contributed by atoms with Crippen molar-refractivity contribution in [2.45, 2.75) is 44.1 Å². The molecule has 108 valence electrons. The molecule has 0 bridgehead atoms. The third-order valence-corrected chi connectivity index (χ3v) is 3.61. The van der Waals surface area contributed by atoms with Gasteiger partial charge in [0.1, 0.15) is 5.82 Å². The first-order chi connectivity index (χ1) is 9.51. The van der Waals surface area contributed by atoms with Crippen molar-refractivity contribution in [3.8, 4) is 0 Å². The third kappa shape index (κ3) is 3.43. The number of nitrogens with one attached hydrogen (secondary N) is 1. The van der Waals surface area contributed by atoms with Crippen LogP contribution in [-0.2, 0) is 4.79 Å². The highest BCUT2D eigenvalue weighted by Gasteiger charge is 2.34. The van der Waals surface area contributed by atoms with Crippen LogP contribution in [0.5, 0.6) is 0 Å². The van der Waals surface area contributed by atoms with Crippen molar-refractivity contribution < 1.29 is 14.7 Å². The van der Waals surface area contributed by atoms with Crippen LogP contribution in [0.1, 0.15) is 49.0 Å². The van der Waals surface area contributed by atoms with E-state index in [1.165, 1.54) is 6.07 Å². The highest BCUT2D eigenvalue weighted by molar-refractivity contribution is 5.90. The minimum Gasteiger partial charge on any atom is -0.481 e. The molecule has 1 fully saturated rings. The van der Waals surface area contributed by atoms with Crippen LogP contribution in [0.3, 0.4) is 0 Å². The van der Waals surface area contributed by atoms with Crippen LogP contribution in [-0.4, -0.2) is 32.7 Å². The third-order valence-electron chi connectivity index (χ3n) is 3.61. The highest BCUT2D eigenvalue weighted by atomic mass is 16.4. The van der Waals surface area contributed by atoms with Crippen molar-refractivity contribution in [2.75, 3.05) is 5.32 Å². The number of nitrogens with zero attached hydrogens (tertiary/aromatic N) is 2. The summed E-state index contributed by atoms with van der Waals surface area (Å²) in [6.07, 6.45) is 4.73. The van der Waals surface area contributed by atoms with Crippen LogP contribution in [0.2, 0.25) is 0 Å². The number of aliphatic carboxylic acids is 1. The molecule has 1 saturated carbocycles. The van der Waals surface area contributed by atoms with Gasteiger partial charge in [0.05, 0.1) is 6.42 Å². The summed E-state index contributed by atoms with van der Waals surface area (Å²) in [6.45, 7) is 0. The summed E-state index contributed by atoms with van der Waals surface area (Å²) in [5.41, 5.74) is 4.71. The van der Waals surface area contributed by atoms with E-state index in [2.05, 4.69) is 15.5 Å². The average Bonchev–Trinajstić information content (AvgIpc) is 2.39. The number of hydrogen-bond donors (Lipinski definition) is 3. The van der Waals surface area contributed by atoms with Gasteiger partial charge in [-0.2, -0.15) is 0 Å². The van der Waals surface area contributed by atoms with E-state index < -0.39 is 17.4 Å². The van der Waals surface area contributed by atoms with Gasteiger partial charge in [0.15, 0.2) is 5.69 Å². The number of carboxylic acids is 1. The molecule has 1 aromatic rings. The van der Waals surface area contributed by atoms with Gasteiger partial charge in [0.2, 0.25) is 0 Å². The molecule has 20 heavy (non-hydrogen) atoms. The Balaban J connectivity index is 2.14. The fourth-order valence-electron chi connectivity index (χ4n) is 2.67. The Morgan fingerprint density at radius 2 is 1.95 bits per heavy atom. The first-order valence-corrected chi connectivity index (χ1v) is 6.64. The molecule has 7 nitrogen and oxygen atoms in total. The van der Waals surface area contributed by atoms with Crippen LogP contribution in [0.15, 0.2) is 12.1 Å². The van der Waals surface area contributed by atoms with E-state index in [0.29, 0.717) is 5.82 Å². The molecule has 0 spiro atoms. The fraction of sp³-hybridized carbons (Fsp3) is 0.538. The summed E-state index contributed by atoms with van der Waals surface area (Å²) in [5.74, 6) is -0.999. The Bertz CT molecular complexity index is 495. The Labute approximate surface area is 116 Å². The maximum absolute atomic E-state index is 11.1. The molecule has 0 aromatic carbocycles. The predicted octanol–water partition coefficient (Wildman–Crippen LogP) is 1.16. The second kappa shape index (κ2) is 5.85. The second-order valence-corrected chi connectivity index (χ2v) is 5.20. The van der Waals surface area contributed by atoms with E-state index >= 15 is 0 Å². The van der Waals surface area contributed by atoms with E-state index in [9.17, 15) is 9.59 Å². The van der Waals surface area contributed by atoms with Crippen molar-refractivity contribution in [1.82, 2.24) is 10.2 Å². The molecule has 0 aliphatic heterocycles. The van der Waals surface area contributed by atoms with Gasteiger partial charge in [0.25, 0.3) is 5.91 Å². The van der Waals surface area contributed by atoms with Gasteiger partial charge in [-0.3, -0.25) is 9.59 Å². The van der Waals surface area contributed by atoms with Crippen LogP contribution < -0.4 is 11.1 Å². The molecular weight excluding hydrogens is 260 g/mol. The quantitative estimate of drug-likeness (QED) is 0.743. The van der Waals surface area contributed by atoms with Crippen molar-refractivity contribution in [2.24, 2.45) is 5.73 Å². The molecule has 2 rings (SSSR count). The number of aromatic nitrogens is 2. The predicted molar refractivity (Wildman–Crippen MR) is 72.2 cm³/mol. The fourth-order valence-corrected chi connectivity index (χ4v) is 2.67. The van der Waals surface area contributed by atoms with Crippen LogP contribution in [0.25, 0.3) is 0 Å². The van der Waals surface area contributed by atoms with E-state index in [1.807, 2.05) is 0 Å². The smallest absolute Gasteiger partial charge is 0.305 e. The standard InChI is InChI=1S/C13H18N4O3/c14-12(20)9-4-5-10(17-16-9)15-13(8-11(18)19)6-2-1-3-7-13/h4-5H,1-3,6-8H2,(H2,14,20)(H,15,17)(H,18,19). The first-order valence-electron chi connectivity index (χ1n) is 6.64. The van der Waals surface area contributed by atoms with Gasteiger partial charge >= 0.3 is 5.97 Å². The van der Waals surface area contributed by atoms with Crippen molar-refractivity contribution in [1.29, 1.82) is 0 Å². The molecule has 0 saturated heterocycles. The summed E-state index contributed by atoms with van der Waals surface area (Å²) in [6, 6.07) is 3.08. The molecule has 1 heterocycles. The van der Waals surface area contributed by atoms with Crippen molar-refractivity contribution in [3.05, 3.63) is 17.8 Å². The number of carbonyl (C=O) groups is 2. The minimum absolute atomic E-state index is 0.0479. The second-order valence-electron chi connectivity index (χ2n) is 5.20. The summed E-state index contributed by atoms with van der Waals surface area (Å²) >= 11 is 0. The molecular formula is C13H18N4O3. The highest BCUT2D eigenvalue weighted by Crippen LogP contribution is 2.33. The Morgan fingerprint density at radius 1 is 1.25 bits per heavy atom. The van der Waals surface area contributed by atoms with Gasteiger partial charge in [0, 0.05) is 5.54 Å². The zero-order valence-electron chi connectivity index (χ0n) is 11.1. The Kier molecular flexibility index (Phi) is 4.16. The maximum Gasteiger partial charge on any atom is 0.305 e. The zero-order valence-corrected chi connectivity index (χ0v) is 11.1. The van der Waals surface area contributed by atoms with Gasteiger partial charge in [-0.05, 0) is 25.0 Å². The number of amides is 1. The Morgan fingerprint density at radius 3 is 2.45 bits per heavy atom. The summed E-state index contributed by atoms with van der Waals surface area (Å²) in [4.78, 5) is 22.0. The molecule has 1 aromatic heterocycles. The number of rotatable bonds is 5. The lowest BCUT2D eigenvalue weighted by atomic mass is 9.79. The van der Waals surface area contributed by atoms with Crippen LogP contribution in [0, 0.1) is 0 Å². The lowest BCUT2D eigenvalue weighted by Gasteiger charge is -2.37. The lowest BCUT2D eigenvalue weighted by Crippen LogP contribution is -2.42. The molecule has 0 unspecified atom stereocenters. The Hall–Kier alpha value is -2.18. The molecule has 1 amide bonds. The molecule has 0 radical (unpaired) electrons. The van der Waals surface area contributed by atoms with Crippen molar-refractivity contribution in [3.63, 3.8) is 0 Å². The SMILES string of the molecule is NC(=O)c1ccc(NC2(CC(=O)O)CCCCC2)nn1. The maximum atomic E-state index is 11.1. The molecule has 0 atom stereocenters. The van der Waals surface area contributed by atoms with Gasteiger partial charge < -0.3 is 16.2 Å². The topological polar surface area (TPSA) is 118 Å². The first kappa shape index (κ1) is 14.2. The number of carbonyl (C=O) groups excluding carboxylic acids is 1. The van der Waals surface area contributed by atoms with E-state index in [4.69, 9.17) is 10.8 Å². The van der Waals surface area contributed by atoms with E-state index in [0.717, 1.165) is 32.1 Å². The van der Waals surface area contributed by atoms with Crippen LogP contribution in [0.4, 0.5) is 5.82 Å². The largest absolute Gasteiger partial charge is 0.481 e. The number of primary amides is 1. The van der Waals surface area contributed by atoms with Crippen LogP contribution >= 0.6 is 0 Å². The van der Waals surface area contributed by atoms with E-state index in [-0.39, 0.29) is 12.1 Å². The van der Waals surface area contributed by atoms with Gasteiger partial charge in [-0.15, -0.1) is 10.2 Å². The van der Waals surface area contributed by atoms with E-state index in [1.54, 1.807) is 6.07 Å². The monoisotopic (exact) mass is 278 g/mol. The van der Waals surface area contributed by atoms with Gasteiger partial charge in [-0.25, -0.2) is 0 Å². The summed E-state index contributed by atoms with van der Waals surface area (Å²) in [5, 5.41) is 19.9. The zero-order chi connectivity index (χ0) is 14.6. The molecule has 7 heteroatoms. The van der Waals surface area contributed by atoms with Crippen molar-refractivity contribution >= 4 is 17.7 Å². The number of anilines is 1. The summed E-state index contributed by atoms with van der Waals surface area (Å²) in [7, 11) is 0. The molecule has 1 aliphatic carbocycles. The molecule has 4 N–H and O–H groups in total. The normalized spacial score (nSPS) is 17.4.